The van der Waals surface area contributed by atoms with Crippen molar-refractivity contribution in [2.45, 2.75) is 17.9 Å². The first-order valence-corrected chi connectivity index (χ1v) is 7.73. The van der Waals surface area contributed by atoms with Crippen molar-refractivity contribution in [3.05, 3.63) is 29.3 Å². The molecule has 0 bridgehead atoms. The van der Waals surface area contributed by atoms with Crippen LogP contribution in [0.5, 0.6) is 0 Å². The Morgan fingerprint density at radius 3 is 2.44 bits per heavy atom. The fourth-order valence-corrected chi connectivity index (χ4v) is 3.27. The predicted octanol–water partition coefficient (Wildman–Crippen LogP) is 1.74. The summed E-state index contributed by atoms with van der Waals surface area (Å²) in [6.07, 6.45) is 0. The maximum absolute atomic E-state index is 12.2. The Hall–Kier alpha value is -0.620. The van der Waals surface area contributed by atoms with Crippen LogP contribution in [0.3, 0.4) is 0 Å². The SMILES string of the molecule is CCNC(COC)CS(=O)(=O)c1ccc(Cl)cc1. The van der Waals surface area contributed by atoms with E-state index < -0.39 is 9.84 Å². The second-order valence-electron chi connectivity index (χ2n) is 3.95. The minimum Gasteiger partial charge on any atom is -0.383 e. The van der Waals surface area contributed by atoms with E-state index in [-0.39, 0.29) is 16.7 Å². The first-order chi connectivity index (χ1) is 8.49. The molecule has 1 atom stereocenters. The van der Waals surface area contributed by atoms with Crippen LogP contribution in [0.15, 0.2) is 29.2 Å². The van der Waals surface area contributed by atoms with Crippen molar-refractivity contribution in [3.8, 4) is 0 Å². The number of rotatable bonds is 7. The number of hydrogen-bond acceptors (Lipinski definition) is 4. The van der Waals surface area contributed by atoms with Gasteiger partial charge in [0.2, 0.25) is 0 Å². The number of hydrogen-bond donors (Lipinski definition) is 1. The van der Waals surface area contributed by atoms with Crippen molar-refractivity contribution in [3.63, 3.8) is 0 Å². The predicted molar refractivity (Wildman–Crippen MR) is 72.8 cm³/mol. The summed E-state index contributed by atoms with van der Waals surface area (Å²) < 4.78 is 29.3. The van der Waals surface area contributed by atoms with Crippen LogP contribution in [0, 0.1) is 0 Å². The zero-order valence-corrected chi connectivity index (χ0v) is 12.1. The molecule has 0 amide bonds. The molecule has 18 heavy (non-hydrogen) atoms. The van der Waals surface area contributed by atoms with E-state index in [1.165, 1.54) is 12.1 Å². The molecule has 1 aromatic rings. The van der Waals surface area contributed by atoms with E-state index in [1.54, 1.807) is 19.2 Å². The first-order valence-electron chi connectivity index (χ1n) is 5.70. The summed E-state index contributed by atoms with van der Waals surface area (Å²) in [5.74, 6) is 0.0102. The van der Waals surface area contributed by atoms with Gasteiger partial charge in [0.05, 0.1) is 17.3 Å². The van der Waals surface area contributed by atoms with Gasteiger partial charge >= 0.3 is 0 Å². The summed E-state index contributed by atoms with van der Waals surface area (Å²) in [5, 5.41) is 3.61. The van der Waals surface area contributed by atoms with Gasteiger partial charge in [-0.3, -0.25) is 0 Å². The molecule has 0 fully saturated rings. The van der Waals surface area contributed by atoms with Crippen LogP contribution in [0.4, 0.5) is 0 Å². The van der Waals surface area contributed by atoms with Gasteiger partial charge in [-0.25, -0.2) is 8.42 Å². The maximum Gasteiger partial charge on any atom is 0.179 e. The third kappa shape index (κ3) is 4.57. The van der Waals surface area contributed by atoms with Gasteiger partial charge in [-0.05, 0) is 30.8 Å². The first kappa shape index (κ1) is 15.4. The number of benzene rings is 1. The van der Waals surface area contributed by atoms with E-state index in [9.17, 15) is 8.42 Å². The Morgan fingerprint density at radius 1 is 1.33 bits per heavy atom. The third-order valence-corrected chi connectivity index (χ3v) is 4.54. The second kappa shape index (κ2) is 7.09. The lowest BCUT2D eigenvalue weighted by molar-refractivity contribution is 0.174. The third-order valence-electron chi connectivity index (χ3n) is 2.45. The summed E-state index contributed by atoms with van der Waals surface area (Å²) in [5.41, 5.74) is 0. The monoisotopic (exact) mass is 291 g/mol. The lowest BCUT2D eigenvalue weighted by Crippen LogP contribution is -2.39. The highest BCUT2D eigenvalue weighted by molar-refractivity contribution is 7.91. The highest BCUT2D eigenvalue weighted by atomic mass is 35.5. The Labute approximate surface area is 113 Å². The molecule has 6 heteroatoms. The molecule has 0 saturated heterocycles. The van der Waals surface area contributed by atoms with E-state index in [0.29, 0.717) is 18.2 Å². The van der Waals surface area contributed by atoms with E-state index in [2.05, 4.69) is 5.32 Å². The summed E-state index contributed by atoms with van der Waals surface area (Å²) in [6.45, 7) is 2.99. The van der Waals surface area contributed by atoms with E-state index >= 15 is 0 Å². The number of methoxy groups -OCH3 is 1. The van der Waals surface area contributed by atoms with Crippen molar-refractivity contribution in [1.29, 1.82) is 0 Å². The quantitative estimate of drug-likeness (QED) is 0.831. The molecule has 0 aliphatic rings. The Bertz CT molecular complexity index is 453. The molecular formula is C12H18ClNO3S. The Morgan fingerprint density at radius 2 is 1.94 bits per heavy atom. The standard InChI is InChI=1S/C12H18ClNO3S/c1-3-14-11(8-17-2)9-18(15,16)12-6-4-10(13)5-7-12/h4-7,11,14H,3,8-9H2,1-2H3. The lowest BCUT2D eigenvalue weighted by atomic mass is 10.3. The highest BCUT2D eigenvalue weighted by Gasteiger charge is 2.20. The minimum atomic E-state index is -3.32. The van der Waals surface area contributed by atoms with Crippen LogP contribution in [0.25, 0.3) is 0 Å². The maximum atomic E-state index is 12.2. The fourth-order valence-electron chi connectivity index (χ4n) is 1.66. The molecule has 0 spiro atoms. The fraction of sp³-hybridized carbons (Fsp3) is 0.500. The molecule has 0 radical (unpaired) electrons. The summed E-state index contributed by atoms with van der Waals surface area (Å²) in [6, 6.07) is 5.99. The highest BCUT2D eigenvalue weighted by Crippen LogP contribution is 2.16. The molecule has 1 unspecified atom stereocenters. The topological polar surface area (TPSA) is 55.4 Å². The van der Waals surface area contributed by atoms with Gasteiger partial charge in [-0.2, -0.15) is 0 Å². The number of sulfone groups is 1. The zero-order chi connectivity index (χ0) is 13.6. The average Bonchev–Trinajstić information content (AvgIpc) is 2.29. The van der Waals surface area contributed by atoms with Crippen molar-refractivity contribution >= 4 is 21.4 Å². The van der Waals surface area contributed by atoms with Gasteiger partial charge in [-0.1, -0.05) is 18.5 Å². The van der Waals surface area contributed by atoms with Crippen LogP contribution >= 0.6 is 11.6 Å². The number of nitrogens with one attached hydrogen (secondary N) is 1. The lowest BCUT2D eigenvalue weighted by Gasteiger charge is -2.16. The van der Waals surface area contributed by atoms with E-state index in [4.69, 9.17) is 16.3 Å². The zero-order valence-electron chi connectivity index (χ0n) is 10.5. The molecule has 1 aromatic carbocycles. The van der Waals surface area contributed by atoms with Crippen molar-refractivity contribution < 1.29 is 13.2 Å². The van der Waals surface area contributed by atoms with Crippen molar-refractivity contribution in [2.75, 3.05) is 26.0 Å². The minimum absolute atomic E-state index is 0.0102. The number of likely N-dealkylation sites (N-methyl/N-ethyl adjacent to an activating group) is 1. The van der Waals surface area contributed by atoms with Gasteiger partial charge in [0.25, 0.3) is 0 Å². The average molecular weight is 292 g/mol. The summed E-state index contributed by atoms with van der Waals surface area (Å²) in [7, 11) is -1.77. The largest absolute Gasteiger partial charge is 0.383 e. The number of halogens is 1. The molecular weight excluding hydrogens is 274 g/mol. The van der Waals surface area contributed by atoms with Gasteiger partial charge in [0.1, 0.15) is 0 Å². The molecule has 4 nitrogen and oxygen atoms in total. The molecule has 1 N–H and O–H groups in total. The van der Waals surface area contributed by atoms with Gasteiger partial charge in [-0.15, -0.1) is 0 Å². The molecule has 0 aliphatic heterocycles. The van der Waals surface area contributed by atoms with Gasteiger partial charge in [0.15, 0.2) is 9.84 Å². The van der Waals surface area contributed by atoms with Crippen LogP contribution in [0.1, 0.15) is 6.92 Å². The summed E-state index contributed by atoms with van der Waals surface area (Å²) in [4.78, 5) is 0.283. The Kier molecular flexibility index (Phi) is 6.08. The molecule has 0 aliphatic carbocycles. The van der Waals surface area contributed by atoms with E-state index in [1.807, 2.05) is 6.92 Å². The normalized spacial score (nSPS) is 13.5. The Balaban J connectivity index is 2.82. The molecule has 0 saturated carbocycles. The molecule has 0 heterocycles. The second-order valence-corrected chi connectivity index (χ2v) is 6.42. The van der Waals surface area contributed by atoms with Crippen LogP contribution < -0.4 is 5.32 Å². The molecule has 102 valence electrons. The summed E-state index contributed by atoms with van der Waals surface area (Å²) >= 11 is 5.74. The van der Waals surface area contributed by atoms with Crippen LogP contribution in [-0.4, -0.2) is 40.5 Å². The molecule has 0 aromatic heterocycles. The smallest absolute Gasteiger partial charge is 0.179 e. The van der Waals surface area contributed by atoms with Crippen LogP contribution in [-0.2, 0) is 14.6 Å². The van der Waals surface area contributed by atoms with Crippen LogP contribution in [0.2, 0.25) is 5.02 Å². The van der Waals surface area contributed by atoms with Gasteiger partial charge in [0, 0.05) is 18.2 Å². The van der Waals surface area contributed by atoms with E-state index in [0.717, 1.165) is 0 Å². The van der Waals surface area contributed by atoms with Crippen molar-refractivity contribution in [2.24, 2.45) is 0 Å². The number of ether oxygens (including phenoxy) is 1. The van der Waals surface area contributed by atoms with Crippen molar-refractivity contribution in [1.82, 2.24) is 5.32 Å². The molecule has 1 rings (SSSR count). The van der Waals surface area contributed by atoms with Gasteiger partial charge < -0.3 is 10.1 Å².